The summed E-state index contributed by atoms with van der Waals surface area (Å²) in [6.07, 6.45) is 23.6. The van der Waals surface area contributed by atoms with Crippen LogP contribution in [0.25, 0.3) is 0 Å². The second kappa shape index (κ2) is 59.9. The molecule has 5 aliphatic heterocycles. The number of cyclic esters (lactones) is 1. The molecule has 2 aliphatic carbocycles. The number of aliphatic hydroxyl groups is 10. The van der Waals surface area contributed by atoms with E-state index in [2.05, 4.69) is 6.92 Å². The number of allylic oxidation sites excluding steroid dienone is 11. The fourth-order valence-electron chi connectivity index (χ4n) is 20.9. The zero-order chi connectivity index (χ0) is 110. The minimum Gasteiger partial charge on any atom is -0.480 e. The standard InChI is InChI=1S/C56H87NO17.C56H89NO16/c1-33-17-13-12-15-23-55(8,67)30-37(5)48(62)49(71-11)47(61)36(4)25-34(2)42(60)29-45(35(3)26-39-20-22-43(46(27-39)70-10)73-53(66)54(7,31-58)32-59)72-52(65)41-18-14-16-24-57(41)51(64)50(63)56(68)38(6)19-21-40(74-56)28-44(33)69-9;1-34(17-13-12-14-18-36(3)46(69-9)31-42-23-21-40(7)56(68,73-42)51(63)52(64)57-26-16-15-19-43(57)53(65)66)27-38(5)48(61)50(71-11)49(62)39(6)29-37(4)44(60)24-20-35(2)28-41-22-25-45(47(30-41)70-10)72-54(67)55(8,32-58)33-59/h12-13,15,17,23,25,34-35,37-41,43-47,49,58-59,61,67-68H,14,16,18-22,24,26-32H2,1-11H3;12-14,17-18,20,24,29,34-35,37-38,40-47,49-50,58-60,62,68H,15-16,19,21-23,25-28,30-33H2,1-11H3,(H,65,66)/b13-12?,23-15+,33-17?,36-25+;14-12+,17-13+,24-20+,36-18+,39-29+/t34-,35-,37-,38-,39?,40?,41+,43-,44+,45+,46-,47-,49-,55+,56-;34-,35+,37-,38-,40-,41+,42?,43+,44?,45-,46+,47-,49-,50+,56-/m11/s1. The number of Topliss-reactive ketones (excluding diaryl/α,β-unsaturated/α-hetero) is 5. The van der Waals surface area contributed by atoms with Gasteiger partial charge in [-0.25, -0.2) is 9.59 Å². The van der Waals surface area contributed by atoms with Gasteiger partial charge in [-0.2, -0.15) is 0 Å². The number of hydrogen-bond acceptors (Lipinski definition) is 32. The number of hydrogen-bond donors (Lipinski definition) is 11. The number of carboxylic acids is 1. The molecule has 30 atom stereocenters. The van der Waals surface area contributed by atoms with Crippen LogP contribution in [0.5, 0.6) is 0 Å². The largest absolute Gasteiger partial charge is 0.480 e. The highest BCUT2D eigenvalue weighted by Gasteiger charge is 2.56. The Hall–Kier alpha value is -7.89. The van der Waals surface area contributed by atoms with E-state index < -0.39 is 234 Å². The van der Waals surface area contributed by atoms with Gasteiger partial charge in [0.1, 0.15) is 71.4 Å². The number of likely N-dealkylation sites (tertiary alicyclic amines) is 1. The summed E-state index contributed by atoms with van der Waals surface area (Å²) < 4.78 is 64.0. The topological polar surface area (TPSA) is 518 Å². The summed E-state index contributed by atoms with van der Waals surface area (Å²) in [6, 6.07) is -2.34. The average Bonchev–Trinajstić information content (AvgIpc) is 0.774. The van der Waals surface area contributed by atoms with Gasteiger partial charge < -0.3 is 118 Å². The number of aliphatic hydroxyl groups excluding tert-OH is 7. The van der Waals surface area contributed by atoms with Crippen LogP contribution in [0, 0.1) is 75.9 Å². The van der Waals surface area contributed by atoms with E-state index in [0.29, 0.717) is 114 Å². The third-order valence-corrected chi connectivity index (χ3v) is 31.2. The van der Waals surface area contributed by atoms with Crippen LogP contribution < -0.4 is 0 Å². The number of esters is 3. The van der Waals surface area contributed by atoms with E-state index in [-0.39, 0.29) is 92.1 Å². The van der Waals surface area contributed by atoms with Gasteiger partial charge in [-0.15, -0.1) is 0 Å². The Kier molecular flexibility index (Phi) is 52.1. The second-order valence-electron chi connectivity index (χ2n) is 43.6. The smallest absolute Gasteiger partial charge is 0.329 e. The first kappa shape index (κ1) is 128. The van der Waals surface area contributed by atoms with Crippen LogP contribution in [0.15, 0.2) is 107 Å². The first-order valence-corrected chi connectivity index (χ1v) is 52.6. The van der Waals surface area contributed by atoms with Crippen LogP contribution >= 0.6 is 0 Å². The quantitative estimate of drug-likeness (QED) is 0.00899. The Morgan fingerprint density at radius 2 is 1.21 bits per heavy atom. The molecule has 832 valence electrons. The Labute approximate surface area is 869 Å². The van der Waals surface area contributed by atoms with Gasteiger partial charge in [0.2, 0.25) is 11.6 Å². The SMILES string of the molecule is CO[C@@H](CC1CC[C@@H](C)[C@](O)(C(=O)C(=O)N2CCCC[C@H]2C(=O)O)O1)/C(C)=C/C=C/C=C/[C@@H](C)C[C@@H](C)C(=O)[C@H](OC)[C@H](O)/C(C)=C/[C@@H](C)C(O)/C=C/[C@H](C)C[C@@H]1CC[C@@H](OC(=O)C(C)(CO)CO)[C@H](OC)C1.CO[C@H]1CC2CC[C@@H](C)[C@@](O)(O2)C(=O)C(=O)N2CCCC[C@H]2C(=O)O[C@H]([C@H](C)CC2CC[C@@H](OC(=O)C(C)(CO)CO)[C@H](OC)C2)CC(=O)[C@H](C)/C=C(\C)[C@@H](O)[C@@H](OC)C(=O)[C@H](C)C[C@@](C)(O)/C=C/C=CC=C1C. The van der Waals surface area contributed by atoms with Crippen molar-refractivity contribution in [2.24, 2.45) is 75.9 Å². The number of methoxy groups -OCH3 is 6. The monoisotopic (exact) mass is 2080 g/mol. The van der Waals surface area contributed by atoms with E-state index in [0.717, 1.165) is 33.8 Å². The van der Waals surface area contributed by atoms with E-state index in [1.54, 1.807) is 99.1 Å². The van der Waals surface area contributed by atoms with Crippen molar-refractivity contribution in [1.82, 2.24) is 9.80 Å². The van der Waals surface area contributed by atoms with Crippen LogP contribution in [-0.4, -0.2) is 327 Å². The van der Waals surface area contributed by atoms with E-state index in [4.69, 9.17) is 52.1 Å². The van der Waals surface area contributed by atoms with E-state index in [1.165, 1.54) is 48.4 Å². The third-order valence-electron chi connectivity index (χ3n) is 31.2. The van der Waals surface area contributed by atoms with Crippen LogP contribution in [0.1, 0.15) is 258 Å². The van der Waals surface area contributed by atoms with Crippen molar-refractivity contribution in [3.63, 3.8) is 0 Å². The highest BCUT2D eigenvalue weighted by molar-refractivity contribution is 6.39. The van der Waals surface area contributed by atoms with Crippen molar-refractivity contribution in [3.05, 3.63) is 107 Å². The molecular weight excluding hydrogens is 1900 g/mol. The van der Waals surface area contributed by atoms with Gasteiger partial charge in [0.15, 0.2) is 11.6 Å². The molecule has 2 bridgehead atoms. The molecule has 35 heteroatoms. The molecule has 4 unspecified atom stereocenters. The molecule has 0 radical (unpaired) electrons. The Balaban J connectivity index is 0.000000449. The maximum atomic E-state index is 14.5. The molecule has 7 rings (SSSR count). The van der Waals surface area contributed by atoms with E-state index in [1.807, 2.05) is 84.1 Å². The molecule has 0 aromatic rings. The number of carbonyl (C=O) groups excluding carboxylic acids is 10. The third kappa shape index (κ3) is 35.9. The number of amides is 2. The van der Waals surface area contributed by atoms with Gasteiger partial charge in [0.25, 0.3) is 23.4 Å². The summed E-state index contributed by atoms with van der Waals surface area (Å²) in [5.74, 6) is -17.8. The number of rotatable bonds is 38. The maximum Gasteiger partial charge on any atom is 0.329 e. The lowest BCUT2D eigenvalue weighted by Gasteiger charge is -2.42. The first-order valence-electron chi connectivity index (χ1n) is 52.6. The Morgan fingerprint density at radius 3 is 1.78 bits per heavy atom. The molecule has 0 spiro atoms. The lowest BCUT2D eigenvalue weighted by atomic mass is 9.78. The number of ether oxygens (including phenoxy) is 11. The van der Waals surface area contributed by atoms with E-state index in [9.17, 15) is 109 Å². The molecule has 35 nitrogen and oxygen atoms in total. The highest BCUT2D eigenvalue weighted by Crippen LogP contribution is 2.43. The molecule has 0 aromatic carbocycles. The van der Waals surface area contributed by atoms with Crippen LogP contribution in [0.2, 0.25) is 0 Å². The summed E-state index contributed by atoms with van der Waals surface area (Å²) >= 11 is 0. The molecule has 7 aliphatic rings. The molecule has 4 saturated heterocycles. The van der Waals surface area contributed by atoms with Crippen LogP contribution in [0.3, 0.4) is 0 Å². The molecule has 6 fully saturated rings. The van der Waals surface area contributed by atoms with Gasteiger partial charge >= 0.3 is 23.9 Å². The second-order valence-corrected chi connectivity index (χ2v) is 43.6. The van der Waals surface area contributed by atoms with Crippen molar-refractivity contribution in [2.75, 3.05) is 82.2 Å². The van der Waals surface area contributed by atoms with Crippen molar-refractivity contribution in [1.29, 1.82) is 0 Å². The number of aliphatic carboxylic acids is 1. The molecule has 147 heavy (non-hydrogen) atoms. The van der Waals surface area contributed by atoms with Gasteiger partial charge in [-0.05, 0) is 229 Å². The predicted molar refractivity (Wildman–Crippen MR) is 547 cm³/mol. The van der Waals surface area contributed by atoms with E-state index >= 15 is 0 Å². The normalized spacial score (nSPS) is 32.6. The molecule has 11 N–H and O–H groups in total. The Bertz CT molecular complexity index is 4580. The summed E-state index contributed by atoms with van der Waals surface area (Å²) in [7, 11) is 8.85. The molecule has 5 heterocycles. The van der Waals surface area contributed by atoms with Crippen molar-refractivity contribution >= 4 is 64.6 Å². The minimum atomic E-state index is -2.50. The number of nitrogens with zero attached hydrogens (tertiary/aromatic N) is 2. The lowest BCUT2D eigenvalue weighted by molar-refractivity contribution is -0.265. The fraction of sp³-hybridized carbons (Fsp3) is 0.741. The summed E-state index contributed by atoms with van der Waals surface area (Å²) in [5.41, 5.74) is -1.86. The number of ketones is 5. The summed E-state index contributed by atoms with van der Waals surface area (Å²) in [4.78, 5) is 151. The number of carbonyl (C=O) groups is 11. The summed E-state index contributed by atoms with van der Waals surface area (Å²) in [5, 5.41) is 117. The first-order chi connectivity index (χ1) is 69.2. The molecule has 0 aromatic heterocycles. The number of piperidine rings is 2. The van der Waals surface area contributed by atoms with Crippen LogP contribution in [-0.2, 0) is 105 Å². The predicted octanol–water partition coefficient (Wildman–Crippen LogP) is 10.7. The van der Waals surface area contributed by atoms with Crippen molar-refractivity contribution < 1.29 is 161 Å². The maximum absolute atomic E-state index is 14.5. The van der Waals surface area contributed by atoms with Gasteiger partial charge in [0.05, 0.1) is 74.8 Å². The molecule has 2 saturated carbocycles. The average molecular weight is 2080 g/mol. The Morgan fingerprint density at radius 1 is 0.619 bits per heavy atom. The summed E-state index contributed by atoms with van der Waals surface area (Å²) in [6.45, 7) is 25.5. The minimum absolute atomic E-state index is 0.00266. The molecular formula is C112H176N2O33. The number of carboxylic acid groups (broad SMARTS) is 1. The highest BCUT2D eigenvalue weighted by atomic mass is 16.7. The van der Waals surface area contributed by atoms with Gasteiger partial charge in [0, 0.05) is 111 Å². The molecule has 2 amide bonds. The van der Waals surface area contributed by atoms with Crippen LogP contribution in [0.4, 0.5) is 0 Å². The zero-order valence-corrected chi connectivity index (χ0v) is 91.0. The van der Waals surface area contributed by atoms with Crippen molar-refractivity contribution in [3.8, 4) is 0 Å². The lowest BCUT2D eigenvalue weighted by Crippen LogP contribution is -2.61. The van der Waals surface area contributed by atoms with Crippen molar-refractivity contribution in [2.45, 2.75) is 373 Å². The zero-order valence-electron chi connectivity index (χ0n) is 91.0. The van der Waals surface area contributed by atoms with Gasteiger partial charge in [-0.1, -0.05) is 147 Å². The number of fused-ring (bicyclic) bond motifs is 3. The fourth-order valence-corrected chi connectivity index (χ4v) is 20.9. The van der Waals surface area contributed by atoms with Gasteiger partial charge in [-0.3, -0.25) is 43.2 Å².